The third-order valence-corrected chi connectivity index (χ3v) is 1.82. The zero-order chi connectivity index (χ0) is 13.4. The molecule has 21 heavy (non-hydrogen) atoms. The summed E-state index contributed by atoms with van der Waals surface area (Å²) in [7, 11) is 0. The number of hydrogen-bond donors (Lipinski definition) is 0. The zero-order valence-corrected chi connectivity index (χ0v) is 13.1. The summed E-state index contributed by atoms with van der Waals surface area (Å²) >= 11 is 0. The van der Waals surface area contributed by atoms with E-state index in [4.69, 9.17) is 0 Å². The predicted molar refractivity (Wildman–Crippen MR) is 86.3 cm³/mol. The van der Waals surface area contributed by atoms with Crippen molar-refractivity contribution in [3.05, 3.63) is 24.3 Å². The maximum Gasteiger partial charge on any atom is 0.253 e. The fourth-order valence-electron chi connectivity index (χ4n) is 1.06. The van der Waals surface area contributed by atoms with E-state index in [9.17, 15) is 19.2 Å². The maximum atomic E-state index is 10.5. The monoisotopic (exact) mass is 354 g/mol. The number of amides is 2. The molecule has 0 saturated carbocycles. The van der Waals surface area contributed by atoms with Gasteiger partial charge in [0.05, 0.1) is 12.8 Å². The van der Waals surface area contributed by atoms with E-state index < -0.39 is 0 Å². The first-order chi connectivity index (χ1) is 8.58. The van der Waals surface area contributed by atoms with Crippen molar-refractivity contribution >= 4 is 73.0 Å². The third kappa shape index (κ3) is 11.9. The molecule has 2 rings (SSSR count). The summed E-state index contributed by atoms with van der Waals surface area (Å²) in [6, 6.07) is 0. The van der Waals surface area contributed by atoms with Crippen LogP contribution in [0, 0.1) is 0 Å². The molecule has 0 fully saturated rings. The SMILES string of the molecule is Cl.Cl.Cl.O=C1C=CC=NC(=O)C1.O=C1C=CC=NC(=O)C1. The summed E-state index contributed by atoms with van der Waals surface area (Å²) in [6.45, 7) is 0. The molecule has 0 unspecified atom stereocenters. The molecule has 0 saturated heterocycles. The van der Waals surface area contributed by atoms with E-state index in [0.717, 1.165) is 0 Å². The lowest BCUT2D eigenvalue weighted by atomic mass is 10.3. The smallest absolute Gasteiger partial charge is 0.253 e. The number of carbonyl (C=O) groups is 4. The zero-order valence-electron chi connectivity index (χ0n) is 10.6. The van der Waals surface area contributed by atoms with Crippen LogP contribution in [0.2, 0.25) is 0 Å². The number of aliphatic imine (C=N–C) groups is 2. The Bertz CT molecular complexity index is 421. The van der Waals surface area contributed by atoms with Gasteiger partial charge in [0.25, 0.3) is 11.8 Å². The van der Waals surface area contributed by atoms with E-state index in [2.05, 4.69) is 9.98 Å². The Morgan fingerprint density at radius 3 is 1.33 bits per heavy atom. The first kappa shape index (κ1) is 24.4. The number of allylic oxidation sites excluding steroid dienone is 4. The van der Waals surface area contributed by atoms with Crippen LogP contribution in [0.3, 0.4) is 0 Å². The van der Waals surface area contributed by atoms with Gasteiger partial charge < -0.3 is 0 Å². The van der Waals surface area contributed by atoms with Crippen LogP contribution in [0.5, 0.6) is 0 Å². The van der Waals surface area contributed by atoms with Gasteiger partial charge in [0.2, 0.25) is 0 Å². The first-order valence-corrected chi connectivity index (χ1v) is 5.11. The number of rotatable bonds is 0. The number of carbonyl (C=O) groups excluding carboxylic acids is 4. The van der Waals surface area contributed by atoms with Gasteiger partial charge in [0, 0.05) is 12.4 Å². The lowest BCUT2D eigenvalue weighted by molar-refractivity contribution is -0.125. The van der Waals surface area contributed by atoms with Gasteiger partial charge in [-0.3, -0.25) is 19.2 Å². The van der Waals surface area contributed by atoms with Gasteiger partial charge in [-0.1, -0.05) is 0 Å². The fraction of sp³-hybridized carbons (Fsp3) is 0.167. The summed E-state index contributed by atoms with van der Waals surface area (Å²) in [5.74, 6) is -1.11. The summed E-state index contributed by atoms with van der Waals surface area (Å²) in [6.07, 6.45) is 8.09. The first-order valence-electron chi connectivity index (χ1n) is 5.11. The van der Waals surface area contributed by atoms with E-state index in [1.165, 1.54) is 36.7 Å². The van der Waals surface area contributed by atoms with Crippen LogP contribution in [-0.2, 0) is 19.2 Å². The van der Waals surface area contributed by atoms with E-state index in [1.54, 1.807) is 0 Å². The molecule has 9 heteroatoms. The lowest BCUT2D eigenvalue weighted by Crippen LogP contribution is -1.99. The molecule has 0 aromatic rings. The molecule has 116 valence electrons. The number of ketones is 2. The van der Waals surface area contributed by atoms with Crippen LogP contribution < -0.4 is 0 Å². The molecule has 6 nitrogen and oxygen atoms in total. The second-order valence-electron chi connectivity index (χ2n) is 3.35. The van der Waals surface area contributed by atoms with Gasteiger partial charge in [-0.05, 0) is 24.3 Å². The normalized spacial score (nSPS) is 15.6. The van der Waals surface area contributed by atoms with Crippen molar-refractivity contribution in [2.75, 3.05) is 0 Å². The summed E-state index contributed by atoms with van der Waals surface area (Å²) in [4.78, 5) is 48.7. The van der Waals surface area contributed by atoms with Crippen LogP contribution in [0.25, 0.3) is 0 Å². The molecule has 2 aliphatic heterocycles. The molecule has 0 bridgehead atoms. The molecule has 0 spiro atoms. The van der Waals surface area contributed by atoms with Crippen molar-refractivity contribution in [1.82, 2.24) is 0 Å². The van der Waals surface area contributed by atoms with Crippen LogP contribution in [0.4, 0.5) is 0 Å². The Morgan fingerprint density at radius 2 is 1.00 bits per heavy atom. The molecule has 2 heterocycles. The minimum atomic E-state index is -0.370. The van der Waals surface area contributed by atoms with Crippen molar-refractivity contribution in [2.45, 2.75) is 12.8 Å². The highest BCUT2D eigenvalue weighted by molar-refractivity contribution is 6.10. The quantitative estimate of drug-likeness (QED) is 0.615. The van der Waals surface area contributed by atoms with Gasteiger partial charge in [-0.15, -0.1) is 37.2 Å². The molecular formula is C12H13Cl3N2O4. The Kier molecular flexibility index (Phi) is 15.5. The minimum Gasteiger partial charge on any atom is -0.294 e. The Hall–Kier alpha value is -1.63. The summed E-state index contributed by atoms with van der Waals surface area (Å²) in [5.41, 5.74) is 0. The average Bonchev–Trinajstić information content (AvgIpc) is 2.59. The lowest BCUT2D eigenvalue weighted by Gasteiger charge is -1.82. The van der Waals surface area contributed by atoms with Crippen molar-refractivity contribution in [3.8, 4) is 0 Å². The minimum absolute atomic E-state index is 0. The molecule has 0 aliphatic carbocycles. The van der Waals surface area contributed by atoms with Gasteiger partial charge in [-0.25, -0.2) is 9.98 Å². The van der Waals surface area contributed by atoms with Crippen LogP contribution in [0.15, 0.2) is 34.3 Å². The maximum absolute atomic E-state index is 10.5. The van der Waals surface area contributed by atoms with Crippen LogP contribution in [-0.4, -0.2) is 35.8 Å². The van der Waals surface area contributed by atoms with E-state index in [0.29, 0.717) is 0 Å². The average molecular weight is 356 g/mol. The molecule has 0 atom stereocenters. The van der Waals surface area contributed by atoms with Gasteiger partial charge >= 0.3 is 0 Å². The Balaban J connectivity index is -0.000000270. The molecule has 0 radical (unpaired) electrons. The van der Waals surface area contributed by atoms with Crippen LogP contribution in [0.1, 0.15) is 12.8 Å². The summed E-state index contributed by atoms with van der Waals surface area (Å²) in [5, 5.41) is 0. The Labute approximate surface area is 139 Å². The number of hydrogen-bond acceptors (Lipinski definition) is 4. The van der Waals surface area contributed by atoms with Crippen molar-refractivity contribution < 1.29 is 19.2 Å². The molecule has 2 amide bonds. The van der Waals surface area contributed by atoms with Crippen LogP contribution >= 0.6 is 37.2 Å². The predicted octanol–water partition coefficient (Wildman–Crippen LogP) is 1.49. The highest BCUT2D eigenvalue weighted by Crippen LogP contribution is 1.93. The number of halogens is 3. The van der Waals surface area contributed by atoms with Crippen molar-refractivity contribution in [1.29, 1.82) is 0 Å². The molecule has 2 aliphatic rings. The van der Waals surface area contributed by atoms with E-state index in [1.807, 2.05) is 0 Å². The molecular weight excluding hydrogens is 343 g/mol. The highest BCUT2D eigenvalue weighted by Gasteiger charge is 2.06. The second kappa shape index (κ2) is 13.4. The second-order valence-corrected chi connectivity index (χ2v) is 3.35. The van der Waals surface area contributed by atoms with Gasteiger partial charge in [0.1, 0.15) is 0 Å². The van der Waals surface area contributed by atoms with Crippen molar-refractivity contribution in [2.24, 2.45) is 9.98 Å². The standard InChI is InChI=1S/2C6H5NO2.3ClH/c2*8-5-2-1-3-7-6(9)4-5;;;/h2*1-3H,4H2;3*1H. The third-order valence-electron chi connectivity index (χ3n) is 1.82. The molecule has 0 aromatic heterocycles. The highest BCUT2D eigenvalue weighted by atomic mass is 35.5. The Morgan fingerprint density at radius 1 is 0.667 bits per heavy atom. The van der Waals surface area contributed by atoms with E-state index >= 15 is 0 Å². The summed E-state index contributed by atoms with van der Waals surface area (Å²) < 4.78 is 0. The molecule has 0 N–H and O–H groups in total. The fourth-order valence-corrected chi connectivity index (χ4v) is 1.06. The van der Waals surface area contributed by atoms with E-state index in [-0.39, 0.29) is 73.4 Å². The molecule has 0 aromatic carbocycles. The number of nitrogens with zero attached hydrogens (tertiary/aromatic N) is 2. The largest absolute Gasteiger partial charge is 0.294 e. The van der Waals surface area contributed by atoms with Crippen molar-refractivity contribution in [3.63, 3.8) is 0 Å². The van der Waals surface area contributed by atoms with Gasteiger partial charge in [-0.2, -0.15) is 0 Å². The topological polar surface area (TPSA) is 93.0 Å². The van der Waals surface area contributed by atoms with Gasteiger partial charge in [0.15, 0.2) is 11.6 Å².